The van der Waals surface area contributed by atoms with Gasteiger partial charge in [-0.15, -0.1) is 0 Å². The van der Waals surface area contributed by atoms with Gasteiger partial charge in [-0.2, -0.15) is 0 Å². The highest BCUT2D eigenvalue weighted by Crippen LogP contribution is 2.36. The summed E-state index contributed by atoms with van der Waals surface area (Å²) in [6.07, 6.45) is 0.688. The van der Waals surface area contributed by atoms with Gasteiger partial charge in [0, 0.05) is 18.7 Å². The number of carbonyl (C=O) groups excluding carboxylic acids is 1. The zero-order valence-electron chi connectivity index (χ0n) is 17.1. The quantitative estimate of drug-likeness (QED) is 0.423. The maximum atomic E-state index is 12.9. The van der Waals surface area contributed by atoms with E-state index in [0.717, 1.165) is 0 Å². The highest BCUT2D eigenvalue weighted by molar-refractivity contribution is 14.1. The lowest BCUT2D eigenvalue weighted by molar-refractivity contribution is -0.152. The van der Waals surface area contributed by atoms with E-state index in [2.05, 4.69) is 0 Å². The fourth-order valence-electron chi connectivity index (χ4n) is 3.43. The monoisotopic (exact) mass is 651 g/mol. The number of aliphatic hydroxyl groups is 1. The fourth-order valence-corrected chi connectivity index (χ4v) is 5.20. The van der Waals surface area contributed by atoms with Gasteiger partial charge in [0.05, 0.1) is 12.7 Å². The van der Waals surface area contributed by atoms with Crippen molar-refractivity contribution in [1.82, 2.24) is 4.90 Å². The van der Waals surface area contributed by atoms with Gasteiger partial charge in [0.1, 0.15) is 11.5 Å². The number of halogens is 2. The predicted octanol–water partition coefficient (Wildman–Crippen LogP) is 3.97. The molecule has 1 heterocycles. The number of phenolic OH excluding ortho intramolecular Hbond substituents is 1. The summed E-state index contributed by atoms with van der Waals surface area (Å²) in [5.41, 5.74) is -1.40. The van der Waals surface area contributed by atoms with Gasteiger partial charge < -0.3 is 25.0 Å². The Bertz CT molecular complexity index is 992. The molecule has 0 saturated carbocycles. The second-order valence-corrected chi connectivity index (χ2v) is 10.4. The van der Waals surface area contributed by atoms with Crippen LogP contribution >= 0.6 is 45.2 Å². The summed E-state index contributed by atoms with van der Waals surface area (Å²) in [6.45, 7) is 3.67. The van der Waals surface area contributed by atoms with Crippen molar-refractivity contribution in [2.24, 2.45) is 0 Å². The van der Waals surface area contributed by atoms with Gasteiger partial charge in [0.25, 0.3) is 5.91 Å². The molecule has 9 heteroatoms. The maximum Gasteiger partial charge on any atom is 0.347 e. The summed E-state index contributed by atoms with van der Waals surface area (Å²) >= 11 is 3.99. The van der Waals surface area contributed by atoms with Gasteiger partial charge in [-0.05, 0) is 102 Å². The molecule has 3 N–H and O–H groups in total. The number of aromatic hydroxyl groups is 1. The fraction of sp³-hybridized carbons (Fsp3) is 0.364. The molecule has 7 nitrogen and oxygen atoms in total. The minimum atomic E-state index is -1.39. The molecular weight excluding hydrogens is 628 g/mol. The number of hydrogen-bond donors (Lipinski definition) is 3. The SMILES string of the molecule is CC(C)(Oc1cccc(C2(O)CCN(C(=O)c3cc(I)c(O)c(I)c3)CC2)c1)C(=O)O. The molecule has 166 valence electrons. The average molecular weight is 651 g/mol. The van der Waals surface area contributed by atoms with Crippen LogP contribution in [0, 0.1) is 7.14 Å². The Kier molecular flexibility index (Phi) is 7.06. The number of amides is 1. The van der Waals surface area contributed by atoms with Gasteiger partial charge >= 0.3 is 5.97 Å². The highest BCUT2D eigenvalue weighted by Gasteiger charge is 2.37. The van der Waals surface area contributed by atoms with Crippen LogP contribution < -0.4 is 4.74 Å². The summed E-state index contributed by atoms with van der Waals surface area (Å²) in [7, 11) is 0. The van der Waals surface area contributed by atoms with Crippen molar-refractivity contribution in [1.29, 1.82) is 0 Å². The number of benzene rings is 2. The number of carbonyl (C=O) groups is 2. The second kappa shape index (κ2) is 9.10. The first-order valence-corrected chi connectivity index (χ1v) is 11.8. The van der Waals surface area contributed by atoms with Crippen molar-refractivity contribution in [3.8, 4) is 11.5 Å². The van der Waals surface area contributed by atoms with E-state index >= 15 is 0 Å². The number of carboxylic acid groups (broad SMARTS) is 1. The Morgan fingerprint density at radius 1 is 1.10 bits per heavy atom. The summed E-state index contributed by atoms with van der Waals surface area (Å²) < 4.78 is 6.82. The largest absolute Gasteiger partial charge is 0.506 e. The van der Waals surface area contributed by atoms with E-state index < -0.39 is 17.2 Å². The Morgan fingerprint density at radius 2 is 1.68 bits per heavy atom. The third kappa shape index (κ3) is 5.25. The Labute approximate surface area is 207 Å². The van der Waals surface area contributed by atoms with Crippen LogP contribution in [0.5, 0.6) is 11.5 Å². The number of hydrogen-bond acceptors (Lipinski definition) is 5. The van der Waals surface area contributed by atoms with Crippen molar-refractivity contribution < 1.29 is 29.6 Å². The van der Waals surface area contributed by atoms with Crippen molar-refractivity contribution >= 4 is 57.1 Å². The van der Waals surface area contributed by atoms with Crippen molar-refractivity contribution in [3.63, 3.8) is 0 Å². The van der Waals surface area contributed by atoms with Crippen molar-refractivity contribution in [3.05, 3.63) is 54.7 Å². The van der Waals surface area contributed by atoms with Crippen LogP contribution in [0.2, 0.25) is 0 Å². The summed E-state index contributed by atoms with van der Waals surface area (Å²) in [6, 6.07) is 10.1. The lowest BCUT2D eigenvalue weighted by Gasteiger charge is -2.39. The standard InChI is InChI=1S/C22H23I2NO6/c1-21(2,20(28)29)31-15-5-3-4-14(12-15)22(30)6-8-25(9-7-22)19(27)13-10-16(23)18(26)17(24)11-13/h3-5,10-12,26,30H,6-9H2,1-2H3,(H,28,29). The molecule has 0 bridgehead atoms. The number of piperidine rings is 1. The van der Waals surface area contributed by atoms with Crippen LogP contribution in [0.3, 0.4) is 0 Å². The van der Waals surface area contributed by atoms with E-state index in [-0.39, 0.29) is 11.7 Å². The van der Waals surface area contributed by atoms with Gasteiger partial charge in [-0.1, -0.05) is 12.1 Å². The van der Waals surface area contributed by atoms with Gasteiger partial charge in [-0.3, -0.25) is 4.79 Å². The lowest BCUT2D eigenvalue weighted by atomic mass is 9.84. The molecule has 3 rings (SSSR count). The van der Waals surface area contributed by atoms with Gasteiger partial charge in [0.15, 0.2) is 5.60 Å². The van der Waals surface area contributed by atoms with E-state index in [9.17, 15) is 24.9 Å². The first-order chi connectivity index (χ1) is 14.4. The molecule has 1 fully saturated rings. The number of likely N-dealkylation sites (tertiary alicyclic amines) is 1. The molecule has 1 amide bonds. The van der Waals surface area contributed by atoms with E-state index in [1.807, 2.05) is 45.2 Å². The number of phenols is 1. The van der Waals surface area contributed by atoms with Crippen LogP contribution in [-0.2, 0) is 10.4 Å². The molecule has 0 atom stereocenters. The van der Waals surface area contributed by atoms with E-state index in [0.29, 0.717) is 49.9 Å². The number of ether oxygens (including phenoxy) is 1. The van der Waals surface area contributed by atoms with Crippen molar-refractivity contribution in [2.75, 3.05) is 13.1 Å². The summed E-state index contributed by atoms with van der Waals surface area (Å²) in [5.74, 6) is -0.691. The van der Waals surface area contributed by atoms with Gasteiger partial charge in [0.2, 0.25) is 0 Å². The van der Waals surface area contributed by atoms with Crippen LogP contribution in [0.1, 0.15) is 42.6 Å². The minimum absolute atomic E-state index is 0.141. The molecule has 2 aromatic rings. The highest BCUT2D eigenvalue weighted by atomic mass is 127. The van der Waals surface area contributed by atoms with E-state index in [1.54, 1.807) is 41.3 Å². The van der Waals surface area contributed by atoms with Crippen LogP contribution in [0.15, 0.2) is 36.4 Å². The third-order valence-corrected chi connectivity index (χ3v) is 7.05. The zero-order chi connectivity index (χ0) is 23.0. The predicted molar refractivity (Wildman–Crippen MR) is 131 cm³/mol. The molecule has 0 unspecified atom stereocenters. The molecule has 1 aliphatic rings. The lowest BCUT2D eigenvalue weighted by Crippen LogP contribution is -2.45. The molecule has 1 saturated heterocycles. The first-order valence-electron chi connectivity index (χ1n) is 9.65. The van der Waals surface area contributed by atoms with Gasteiger partial charge in [-0.25, -0.2) is 4.79 Å². The molecule has 2 aromatic carbocycles. The molecule has 0 spiro atoms. The number of aliphatic carboxylic acids is 1. The summed E-state index contributed by atoms with van der Waals surface area (Å²) in [5, 5.41) is 30.4. The number of rotatable bonds is 5. The molecule has 31 heavy (non-hydrogen) atoms. The normalized spacial score (nSPS) is 16.1. The average Bonchev–Trinajstić information content (AvgIpc) is 2.71. The van der Waals surface area contributed by atoms with Crippen LogP contribution in [0.25, 0.3) is 0 Å². The molecule has 0 radical (unpaired) electrons. The number of carboxylic acids is 1. The maximum absolute atomic E-state index is 12.9. The molecule has 1 aliphatic heterocycles. The second-order valence-electron chi connectivity index (χ2n) is 8.06. The third-order valence-electron chi connectivity index (χ3n) is 5.40. The smallest absolute Gasteiger partial charge is 0.347 e. The Hall–Kier alpha value is -1.60. The zero-order valence-corrected chi connectivity index (χ0v) is 21.4. The Morgan fingerprint density at radius 3 is 2.23 bits per heavy atom. The van der Waals surface area contributed by atoms with E-state index in [4.69, 9.17) is 4.74 Å². The minimum Gasteiger partial charge on any atom is -0.506 e. The molecular formula is C22H23I2NO6. The molecule has 0 aromatic heterocycles. The van der Waals surface area contributed by atoms with E-state index in [1.165, 1.54) is 13.8 Å². The van der Waals surface area contributed by atoms with Crippen molar-refractivity contribution in [2.45, 2.75) is 37.9 Å². The van der Waals surface area contributed by atoms with Crippen LogP contribution in [-0.4, -0.2) is 50.8 Å². The number of nitrogens with zero attached hydrogens (tertiary/aromatic N) is 1. The Balaban J connectivity index is 1.73. The topological polar surface area (TPSA) is 107 Å². The summed E-state index contributed by atoms with van der Waals surface area (Å²) in [4.78, 5) is 25.9. The molecule has 0 aliphatic carbocycles. The first kappa shape index (κ1) is 24.1. The van der Waals surface area contributed by atoms with Crippen LogP contribution in [0.4, 0.5) is 0 Å².